The molecular formula is C21H21ClF3N3. The molecule has 1 fully saturated rings. The van der Waals surface area contributed by atoms with Crippen LogP contribution in [0.1, 0.15) is 31.2 Å². The van der Waals surface area contributed by atoms with Crippen molar-refractivity contribution in [2.75, 3.05) is 10.6 Å². The Morgan fingerprint density at radius 2 is 1.75 bits per heavy atom. The molecule has 2 aliphatic rings. The third-order valence-electron chi connectivity index (χ3n) is 5.62. The van der Waals surface area contributed by atoms with Gasteiger partial charge < -0.3 is 10.6 Å². The van der Waals surface area contributed by atoms with E-state index >= 15 is 0 Å². The molecule has 1 saturated carbocycles. The average molecular weight is 408 g/mol. The van der Waals surface area contributed by atoms with Crippen molar-refractivity contribution in [3.8, 4) is 0 Å². The zero-order valence-electron chi connectivity index (χ0n) is 15.2. The highest BCUT2D eigenvalue weighted by atomic mass is 35.5. The van der Waals surface area contributed by atoms with Gasteiger partial charge in [0.05, 0.1) is 29.4 Å². The molecule has 148 valence electrons. The first-order valence-corrected chi connectivity index (χ1v) is 9.74. The number of fused-ring (bicyclic) bond motifs is 1. The molecular weight excluding hydrogens is 387 g/mol. The number of alkyl halides is 3. The maximum absolute atomic E-state index is 13.2. The van der Waals surface area contributed by atoms with E-state index in [0.29, 0.717) is 30.2 Å². The second-order valence-electron chi connectivity index (χ2n) is 7.49. The molecule has 0 saturated heterocycles. The minimum Gasteiger partial charge on any atom is -0.371 e. The van der Waals surface area contributed by atoms with Crippen LogP contribution < -0.4 is 10.6 Å². The van der Waals surface area contributed by atoms with Gasteiger partial charge in [-0.2, -0.15) is 13.2 Å². The van der Waals surface area contributed by atoms with Crippen molar-refractivity contribution in [2.24, 2.45) is 10.9 Å². The first kappa shape index (κ1) is 19.1. The predicted octanol–water partition coefficient (Wildman–Crippen LogP) is 6.27. The second-order valence-corrected chi connectivity index (χ2v) is 7.92. The highest BCUT2D eigenvalue weighted by Gasteiger charge is 2.49. The fraction of sp³-hybridized carbons (Fsp3) is 0.381. The van der Waals surface area contributed by atoms with Gasteiger partial charge in [0.15, 0.2) is 0 Å². The van der Waals surface area contributed by atoms with Crippen molar-refractivity contribution in [1.29, 1.82) is 0 Å². The summed E-state index contributed by atoms with van der Waals surface area (Å²) in [6.07, 6.45) is -3.19. The van der Waals surface area contributed by atoms with E-state index in [1.54, 1.807) is 6.07 Å². The molecule has 2 aromatic carbocycles. The summed E-state index contributed by atoms with van der Waals surface area (Å²) in [4.78, 5) is 4.76. The average Bonchev–Trinajstić information content (AvgIpc) is 2.66. The van der Waals surface area contributed by atoms with E-state index in [9.17, 15) is 13.2 Å². The minimum atomic E-state index is -4.14. The number of hydrogen-bond donors (Lipinski definition) is 2. The van der Waals surface area contributed by atoms with Crippen LogP contribution in [0.5, 0.6) is 0 Å². The molecule has 1 spiro atoms. The molecule has 0 radical (unpaired) electrons. The van der Waals surface area contributed by atoms with E-state index in [1.165, 1.54) is 0 Å². The van der Waals surface area contributed by atoms with Crippen molar-refractivity contribution >= 4 is 28.8 Å². The third kappa shape index (κ3) is 3.83. The Balaban J connectivity index is 1.63. The van der Waals surface area contributed by atoms with E-state index in [2.05, 4.69) is 10.6 Å². The number of aliphatic imine (C=N–C) groups is 1. The van der Waals surface area contributed by atoms with E-state index in [0.717, 1.165) is 16.9 Å². The first-order chi connectivity index (χ1) is 13.4. The fourth-order valence-electron chi connectivity index (χ4n) is 4.06. The quantitative estimate of drug-likeness (QED) is 0.615. The van der Waals surface area contributed by atoms with Crippen molar-refractivity contribution in [3.63, 3.8) is 0 Å². The summed E-state index contributed by atoms with van der Waals surface area (Å²) in [7, 11) is 0. The normalized spacial score (nSPS) is 25.9. The molecule has 1 heterocycles. The molecule has 28 heavy (non-hydrogen) atoms. The summed E-state index contributed by atoms with van der Waals surface area (Å²) in [6.45, 7) is 0.414. The predicted molar refractivity (Wildman–Crippen MR) is 107 cm³/mol. The van der Waals surface area contributed by atoms with Crippen molar-refractivity contribution < 1.29 is 13.2 Å². The fourth-order valence-corrected chi connectivity index (χ4v) is 4.27. The number of anilines is 2. The SMILES string of the molecule is FC(F)(F)C1CCC2(CC1)Nc1ccccc1NC2=NCc1cccc(Cl)c1. The van der Waals surface area contributed by atoms with Crippen LogP contribution in [0.15, 0.2) is 53.5 Å². The first-order valence-electron chi connectivity index (χ1n) is 9.36. The smallest absolute Gasteiger partial charge is 0.371 e. The number of hydrogen-bond acceptors (Lipinski definition) is 2. The number of rotatable bonds is 2. The maximum Gasteiger partial charge on any atom is 0.391 e. The largest absolute Gasteiger partial charge is 0.391 e. The lowest BCUT2D eigenvalue weighted by atomic mass is 9.74. The lowest BCUT2D eigenvalue weighted by Gasteiger charge is -2.45. The highest BCUT2D eigenvalue weighted by Crippen LogP contribution is 2.45. The van der Waals surface area contributed by atoms with Gasteiger partial charge in [0.1, 0.15) is 5.84 Å². The lowest BCUT2D eigenvalue weighted by molar-refractivity contribution is -0.183. The van der Waals surface area contributed by atoms with E-state index in [4.69, 9.17) is 16.6 Å². The van der Waals surface area contributed by atoms with Crippen LogP contribution in [0, 0.1) is 5.92 Å². The molecule has 0 atom stereocenters. The molecule has 2 N–H and O–H groups in total. The Bertz CT molecular complexity index is 886. The molecule has 0 aromatic heterocycles. The molecule has 1 aliphatic heterocycles. The van der Waals surface area contributed by atoms with Gasteiger partial charge in [-0.15, -0.1) is 0 Å². The molecule has 0 amide bonds. The zero-order chi connectivity index (χ0) is 19.8. The highest BCUT2D eigenvalue weighted by molar-refractivity contribution is 6.30. The standard InChI is InChI=1S/C21H21ClF3N3/c22-16-5-3-4-14(12-16)13-26-19-20(10-8-15(9-11-20)21(23,24)25)28-18-7-2-1-6-17(18)27-19/h1-7,12,15,28H,8-11,13H2,(H,26,27). The van der Waals surface area contributed by atoms with Crippen molar-refractivity contribution in [2.45, 2.75) is 43.9 Å². The van der Waals surface area contributed by atoms with Gasteiger partial charge in [-0.1, -0.05) is 35.9 Å². The summed E-state index contributed by atoms with van der Waals surface area (Å²) in [6, 6.07) is 15.2. The molecule has 0 bridgehead atoms. The second kappa shape index (κ2) is 7.32. The van der Waals surface area contributed by atoms with Gasteiger partial charge in [-0.25, -0.2) is 0 Å². The van der Waals surface area contributed by atoms with Crippen LogP contribution in [0.25, 0.3) is 0 Å². The Kier molecular flexibility index (Phi) is 5.00. The Morgan fingerprint density at radius 1 is 1.04 bits per heavy atom. The number of nitrogens with zero attached hydrogens (tertiary/aromatic N) is 1. The Morgan fingerprint density at radius 3 is 2.43 bits per heavy atom. The molecule has 1 aliphatic carbocycles. The van der Waals surface area contributed by atoms with Crippen molar-refractivity contribution in [3.05, 3.63) is 59.1 Å². The topological polar surface area (TPSA) is 36.4 Å². The number of benzene rings is 2. The summed E-state index contributed by atoms with van der Waals surface area (Å²) >= 11 is 6.05. The van der Waals surface area contributed by atoms with Gasteiger partial charge in [0, 0.05) is 5.02 Å². The van der Waals surface area contributed by atoms with E-state index in [-0.39, 0.29) is 12.8 Å². The summed E-state index contributed by atoms with van der Waals surface area (Å²) < 4.78 is 39.5. The van der Waals surface area contributed by atoms with Gasteiger partial charge in [0.2, 0.25) is 0 Å². The summed E-state index contributed by atoms with van der Waals surface area (Å²) in [5, 5.41) is 7.50. The number of amidine groups is 1. The lowest BCUT2D eigenvalue weighted by Crippen LogP contribution is -2.55. The molecule has 2 aromatic rings. The monoisotopic (exact) mass is 407 g/mol. The van der Waals surface area contributed by atoms with Gasteiger partial charge in [0.25, 0.3) is 0 Å². The van der Waals surface area contributed by atoms with Crippen LogP contribution in [0.3, 0.4) is 0 Å². The number of para-hydroxylation sites is 2. The minimum absolute atomic E-state index is 0.0938. The van der Waals surface area contributed by atoms with Gasteiger partial charge in [-0.05, 0) is 55.5 Å². The van der Waals surface area contributed by atoms with Gasteiger partial charge >= 0.3 is 6.18 Å². The third-order valence-corrected chi connectivity index (χ3v) is 5.85. The van der Waals surface area contributed by atoms with Crippen LogP contribution in [0.4, 0.5) is 24.5 Å². The summed E-state index contributed by atoms with van der Waals surface area (Å²) in [5.74, 6) is -0.543. The molecule has 4 rings (SSSR count). The van der Waals surface area contributed by atoms with Gasteiger partial charge in [-0.3, -0.25) is 4.99 Å². The number of nitrogens with one attached hydrogen (secondary N) is 2. The van der Waals surface area contributed by atoms with Crippen LogP contribution in [0.2, 0.25) is 5.02 Å². The van der Waals surface area contributed by atoms with Crippen LogP contribution >= 0.6 is 11.6 Å². The maximum atomic E-state index is 13.2. The van der Waals surface area contributed by atoms with E-state index < -0.39 is 17.6 Å². The van der Waals surface area contributed by atoms with Crippen molar-refractivity contribution in [1.82, 2.24) is 0 Å². The van der Waals surface area contributed by atoms with Crippen LogP contribution in [-0.2, 0) is 6.54 Å². The molecule has 3 nitrogen and oxygen atoms in total. The number of halogens is 4. The molecule has 0 unspecified atom stereocenters. The van der Waals surface area contributed by atoms with E-state index in [1.807, 2.05) is 42.5 Å². The summed E-state index contributed by atoms with van der Waals surface area (Å²) in [5.41, 5.74) is 2.14. The molecule has 7 heteroatoms. The zero-order valence-corrected chi connectivity index (χ0v) is 15.9. The Hall–Kier alpha value is -2.21. The van der Waals surface area contributed by atoms with Crippen LogP contribution in [-0.4, -0.2) is 17.6 Å². The Labute approximate surface area is 167 Å².